The van der Waals surface area contributed by atoms with E-state index in [0.717, 1.165) is 11.5 Å². The van der Waals surface area contributed by atoms with Crippen molar-refractivity contribution in [2.75, 3.05) is 17.7 Å². The number of nitrogens with two attached hydrogens (primary N) is 1. The van der Waals surface area contributed by atoms with Gasteiger partial charge in [-0.1, -0.05) is 0 Å². The molecule has 6 heteroatoms. The molecule has 0 atom stereocenters. The second kappa shape index (κ2) is 5.73. The number of pyridine rings is 1. The Bertz CT molecular complexity index is 571. The SMILES string of the molecule is Nc1ccc(NCc2ccncn2)nc1OCC1CC1. The summed E-state index contributed by atoms with van der Waals surface area (Å²) in [6, 6.07) is 5.49. The maximum Gasteiger partial charge on any atom is 0.239 e. The Kier molecular flexibility index (Phi) is 3.62. The molecule has 0 saturated heterocycles. The van der Waals surface area contributed by atoms with Crippen LogP contribution in [0.4, 0.5) is 11.5 Å². The van der Waals surface area contributed by atoms with Gasteiger partial charge in [-0.3, -0.25) is 0 Å². The van der Waals surface area contributed by atoms with Crippen molar-refractivity contribution in [1.29, 1.82) is 0 Å². The second-order valence-electron chi connectivity index (χ2n) is 4.90. The van der Waals surface area contributed by atoms with Crippen LogP contribution in [0.5, 0.6) is 5.88 Å². The summed E-state index contributed by atoms with van der Waals surface area (Å²) in [5.74, 6) is 1.90. The van der Waals surface area contributed by atoms with Crippen molar-refractivity contribution in [3.05, 3.63) is 36.4 Å². The van der Waals surface area contributed by atoms with Gasteiger partial charge < -0.3 is 15.8 Å². The van der Waals surface area contributed by atoms with Gasteiger partial charge in [-0.15, -0.1) is 0 Å². The summed E-state index contributed by atoms with van der Waals surface area (Å²) in [7, 11) is 0. The maximum atomic E-state index is 5.87. The molecular formula is C14H17N5O. The predicted octanol–water partition coefficient (Wildman–Crippen LogP) is 1.85. The molecule has 2 aromatic heterocycles. The molecule has 1 saturated carbocycles. The van der Waals surface area contributed by atoms with E-state index >= 15 is 0 Å². The lowest BCUT2D eigenvalue weighted by molar-refractivity contribution is 0.290. The van der Waals surface area contributed by atoms with Crippen molar-refractivity contribution in [1.82, 2.24) is 15.0 Å². The standard InChI is InChI=1S/C14H17N5O/c15-12-3-4-13(17-7-11-5-6-16-9-18-11)19-14(12)20-8-10-1-2-10/h3-6,9-10H,1-2,7-8,15H2,(H,17,19). The molecule has 0 amide bonds. The summed E-state index contributed by atoms with van der Waals surface area (Å²) in [5, 5.41) is 3.19. The van der Waals surface area contributed by atoms with Crippen molar-refractivity contribution in [3.8, 4) is 5.88 Å². The Morgan fingerprint density at radius 2 is 2.20 bits per heavy atom. The molecule has 0 bridgehead atoms. The molecule has 0 aromatic carbocycles. The first-order chi connectivity index (χ1) is 9.81. The molecule has 2 aromatic rings. The zero-order chi connectivity index (χ0) is 13.8. The first-order valence-corrected chi connectivity index (χ1v) is 6.69. The molecule has 0 spiro atoms. The summed E-state index contributed by atoms with van der Waals surface area (Å²) in [5.41, 5.74) is 7.34. The summed E-state index contributed by atoms with van der Waals surface area (Å²) in [4.78, 5) is 12.4. The number of hydrogen-bond acceptors (Lipinski definition) is 6. The van der Waals surface area contributed by atoms with E-state index in [4.69, 9.17) is 10.5 Å². The van der Waals surface area contributed by atoms with Gasteiger partial charge >= 0.3 is 0 Å². The lowest BCUT2D eigenvalue weighted by Crippen LogP contribution is -2.07. The smallest absolute Gasteiger partial charge is 0.239 e. The number of anilines is 2. The Hall–Kier alpha value is -2.37. The molecule has 6 nitrogen and oxygen atoms in total. The zero-order valence-electron chi connectivity index (χ0n) is 11.1. The molecule has 104 valence electrons. The second-order valence-corrected chi connectivity index (χ2v) is 4.90. The first kappa shape index (κ1) is 12.7. The van der Waals surface area contributed by atoms with Gasteiger partial charge in [-0.25, -0.2) is 9.97 Å². The van der Waals surface area contributed by atoms with Gasteiger partial charge in [0.1, 0.15) is 12.1 Å². The number of rotatable bonds is 6. The summed E-state index contributed by atoms with van der Waals surface area (Å²) >= 11 is 0. The van der Waals surface area contributed by atoms with Crippen molar-refractivity contribution in [3.63, 3.8) is 0 Å². The minimum atomic E-state index is 0.504. The maximum absolute atomic E-state index is 5.87. The number of ether oxygens (including phenoxy) is 1. The third kappa shape index (κ3) is 3.34. The average Bonchev–Trinajstić information content (AvgIpc) is 3.30. The number of nitrogens with zero attached hydrogens (tertiary/aromatic N) is 3. The van der Waals surface area contributed by atoms with Gasteiger partial charge in [0, 0.05) is 6.20 Å². The third-order valence-corrected chi connectivity index (χ3v) is 3.14. The summed E-state index contributed by atoms with van der Waals surface area (Å²) in [6.07, 6.45) is 5.72. The molecule has 1 aliphatic rings. The highest BCUT2D eigenvalue weighted by Gasteiger charge is 2.22. The topological polar surface area (TPSA) is 86.0 Å². The average molecular weight is 271 g/mol. The summed E-state index contributed by atoms with van der Waals surface area (Å²) < 4.78 is 5.65. The fourth-order valence-electron chi connectivity index (χ4n) is 1.75. The van der Waals surface area contributed by atoms with Crippen LogP contribution in [0.15, 0.2) is 30.7 Å². The van der Waals surface area contributed by atoms with Crippen LogP contribution in [0.2, 0.25) is 0 Å². The Morgan fingerprint density at radius 3 is 2.95 bits per heavy atom. The van der Waals surface area contributed by atoms with Crippen LogP contribution in [0.25, 0.3) is 0 Å². The molecule has 20 heavy (non-hydrogen) atoms. The first-order valence-electron chi connectivity index (χ1n) is 6.69. The molecule has 0 radical (unpaired) electrons. The molecule has 3 rings (SSSR count). The van der Waals surface area contributed by atoms with E-state index in [9.17, 15) is 0 Å². The van der Waals surface area contributed by atoms with Crippen LogP contribution in [-0.4, -0.2) is 21.6 Å². The fraction of sp³-hybridized carbons (Fsp3) is 0.357. The molecule has 2 heterocycles. The minimum Gasteiger partial charge on any atom is -0.476 e. The summed E-state index contributed by atoms with van der Waals surface area (Å²) in [6.45, 7) is 1.29. The highest BCUT2D eigenvalue weighted by Crippen LogP contribution is 2.30. The predicted molar refractivity (Wildman–Crippen MR) is 76.2 cm³/mol. The molecule has 1 aliphatic carbocycles. The molecular weight excluding hydrogens is 254 g/mol. The monoisotopic (exact) mass is 271 g/mol. The fourth-order valence-corrected chi connectivity index (χ4v) is 1.75. The normalized spacial score (nSPS) is 14.0. The van der Waals surface area contributed by atoms with Gasteiger partial charge in [0.2, 0.25) is 5.88 Å². The lowest BCUT2D eigenvalue weighted by Gasteiger charge is -2.10. The number of nitrogens with one attached hydrogen (secondary N) is 1. The molecule has 0 unspecified atom stereocenters. The van der Waals surface area contributed by atoms with Crippen LogP contribution in [0.1, 0.15) is 18.5 Å². The number of nitrogen functional groups attached to an aromatic ring is 1. The Morgan fingerprint density at radius 1 is 1.30 bits per heavy atom. The zero-order valence-corrected chi connectivity index (χ0v) is 11.1. The van der Waals surface area contributed by atoms with E-state index in [1.54, 1.807) is 12.3 Å². The van der Waals surface area contributed by atoms with Gasteiger partial charge in [0.15, 0.2) is 0 Å². The van der Waals surface area contributed by atoms with E-state index < -0.39 is 0 Å². The molecule has 3 N–H and O–H groups in total. The Balaban J connectivity index is 1.62. The molecule has 0 aliphatic heterocycles. The van der Waals surface area contributed by atoms with E-state index in [0.29, 0.717) is 30.6 Å². The van der Waals surface area contributed by atoms with Crippen molar-refractivity contribution in [2.45, 2.75) is 19.4 Å². The van der Waals surface area contributed by atoms with Crippen LogP contribution >= 0.6 is 0 Å². The third-order valence-electron chi connectivity index (χ3n) is 3.14. The van der Waals surface area contributed by atoms with E-state index in [2.05, 4.69) is 20.3 Å². The number of aromatic nitrogens is 3. The van der Waals surface area contributed by atoms with Gasteiger partial charge in [0.25, 0.3) is 0 Å². The van der Waals surface area contributed by atoms with E-state index in [1.807, 2.05) is 12.1 Å². The van der Waals surface area contributed by atoms with E-state index in [-0.39, 0.29) is 0 Å². The minimum absolute atomic E-state index is 0.504. The highest BCUT2D eigenvalue weighted by molar-refractivity contribution is 5.53. The largest absolute Gasteiger partial charge is 0.476 e. The molecule has 1 fully saturated rings. The number of hydrogen-bond donors (Lipinski definition) is 2. The van der Waals surface area contributed by atoms with Gasteiger partial charge in [-0.2, -0.15) is 4.98 Å². The van der Waals surface area contributed by atoms with Crippen molar-refractivity contribution >= 4 is 11.5 Å². The van der Waals surface area contributed by atoms with Gasteiger partial charge in [0.05, 0.1) is 24.5 Å². The van der Waals surface area contributed by atoms with Gasteiger partial charge in [-0.05, 0) is 37.0 Å². The Labute approximate surface area is 117 Å². The van der Waals surface area contributed by atoms with Crippen molar-refractivity contribution < 1.29 is 4.74 Å². The van der Waals surface area contributed by atoms with Crippen LogP contribution < -0.4 is 15.8 Å². The van der Waals surface area contributed by atoms with Crippen LogP contribution in [0, 0.1) is 5.92 Å². The quantitative estimate of drug-likeness (QED) is 0.834. The van der Waals surface area contributed by atoms with Crippen molar-refractivity contribution in [2.24, 2.45) is 5.92 Å². The van der Waals surface area contributed by atoms with Crippen LogP contribution in [0.3, 0.4) is 0 Å². The van der Waals surface area contributed by atoms with E-state index in [1.165, 1.54) is 19.2 Å². The highest BCUT2D eigenvalue weighted by atomic mass is 16.5. The lowest BCUT2D eigenvalue weighted by atomic mass is 10.3. The van der Waals surface area contributed by atoms with Crippen LogP contribution in [-0.2, 0) is 6.54 Å².